The number of rotatable bonds is 5. The number of carbonyl (C=O) groups is 1. The quantitative estimate of drug-likeness (QED) is 0.839. The summed E-state index contributed by atoms with van der Waals surface area (Å²) in [4.78, 5) is 13.8. The van der Waals surface area contributed by atoms with E-state index in [1.807, 2.05) is 32.2 Å². The van der Waals surface area contributed by atoms with Gasteiger partial charge in [0.15, 0.2) is 0 Å². The SMILES string of the molecule is CNc1ccc(C(=O)N(C)CCC(C)O)cc1C. The number of benzene rings is 1. The Bertz CT molecular complexity index is 416. The zero-order chi connectivity index (χ0) is 13.7. The van der Waals surface area contributed by atoms with Crippen LogP contribution in [0.3, 0.4) is 0 Å². The van der Waals surface area contributed by atoms with Gasteiger partial charge in [0.1, 0.15) is 0 Å². The number of aliphatic hydroxyl groups excluding tert-OH is 1. The van der Waals surface area contributed by atoms with E-state index < -0.39 is 0 Å². The van der Waals surface area contributed by atoms with Gasteiger partial charge in [-0.05, 0) is 44.0 Å². The van der Waals surface area contributed by atoms with Crippen LogP contribution in [0.1, 0.15) is 29.3 Å². The Kier molecular flexibility index (Phi) is 5.16. The molecule has 0 spiro atoms. The van der Waals surface area contributed by atoms with Gasteiger partial charge in [0.2, 0.25) is 0 Å². The van der Waals surface area contributed by atoms with Gasteiger partial charge >= 0.3 is 0 Å². The highest BCUT2D eigenvalue weighted by molar-refractivity contribution is 5.94. The van der Waals surface area contributed by atoms with E-state index in [-0.39, 0.29) is 12.0 Å². The van der Waals surface area contributed by atoms with E-state index in [9.17, 15) is 9.90 Å². The minimum Gasteiger partial charge on any atom is -0.393 e. The second-order valence-electron chi connectivity index (χ2n) is 4.64. The van der Waals surface area contributed by atoms with Crippen LogP contribution in [0.5, 0.6) is 0 Å². The molecule has 0 aliphatic carbocycles. The van der Waals surface area contributed by atoms with Gasteiger partial charge in [-0.15, -0.1) is 0 Å². The monoisotopic (exact) mass is 250 g/mol. The number of anilines is 1. The normalized spacial score (nSPS) is 12.1. The van der Waals surface area contributed by atoms with Crippen LogP contribution in [0.2, 0.25) is 0 Å². The molecule has 1 rings (SSSR count). The van der Waals surface area contributed by atoms with Crippen LogP contribution in [0, 0.1) is 6.92 Å². The fraction of sp³-hybridized carbons (Fsp3) is 0.500. The number of hydrogen-bond donors (Lipinski definition) is 2. The summed E-state index contributed by atoms with van der Waals surface area (Å²) in [6.07, 6.45) is 0.212. The lowest BCUT2D eigenvalue weighted by Crippen LogP contribution is -2.29. The van der Waals surface area contributed by atoms with Crippen molar-refractivity contribution in [2.75, 3.05) is 26.0 Å². The van der Waals surface area contributed by atoms with Crippen molar-refractivity contribution in [1.29, 1.82) is 0 Å². The molecule has 1 aromatic carbocycles. The molecule has 0 saturated heterocycles. The van der Waals surface area contributed by atoms with Crippen molar-refractivity contribution >= 4 is 11.6 Å². The van der Waals surface area contributed by atoms with Crippen LogP contribution in [0.15, 0.2) is 18.2 Å². The maximum atomic E-state index is 12.1. The molecule has 1 atom stereocenters. The standard InChI is InChI=1S/C14H22N2O2/c1-10-9-12(5-6-13(10)15-3)14(18)16(4)8-7-11(2)17/h5-6,9,11,15,17H,7-8H2,1-4H3. The van der Waals surface area contributed by atoms with E-state index in [1.54, 1.807) is 18.9 Å². The molecule has 0 radical (unpaired) electrons. The van der Waals surface area contributed by atoms with E-state index >= 15 is 0 Å². The first-order valence-corrected chi connectivity index (χ1v) is 6.17. The lowest BCUT2D eigenvalue weighted by atomic mass is 10.1. The zero-order valence-corrected chi connectivity index (χ0v) is 11.5. The van der Waals surface area contributed by atoms with Gasteiger partial charge < -0.3 is 15.3 Å². The fourth-order valence-electron chi connectivity index (χ4n) is 1.78. The minimum atomic E-state index is -0.381. The molecular formula is C14H22N2O2. The molecule has 0 bridgehead atoms. The lowest BCUT2D eigenvalue weighted by molar-refractivity contribution is 0.0769. The Morgan fingerprint density at radius 3 is 2.67 bits per heavy atom. The Labute approximate surface area is 109 Å². The highest BCUT2D eigenvalue weighted by atomic mass is 16.3. The third kappa shape index (κ3) is 3.74. The Balaban J connectivity index is 2.74. The topological polar surface area (TPSA) is 52.6 Å². The van der Waals surface area contributed by atoms with Crippen LogP contribution in [-0.2, 0) is 0 Å². The molecule has 0 fully saturated rings. The molecule has 0 aliphatic heterocycles. The average molecular weight is 250 g/mol. The maximum Gasteiger partial charge on any atom is 0.253 e. The van der Waals surface area contributed by atoms with E-state index in [1.165, 1.54) is 0 Å². The molecule has 18 heavy (non-hydrogen) atoms. The highest BCUT2D eigenvalue weighted by Gasteiger charge is 2.13. The van der Waals surface area contributed by atoms with Crippen molar-refractivity contribution in [1.82, 2.24) is 4.90 Å². The third-order valence-corrected chi connectivity index (χ3v) is 2.97. The van der Waals surface area contributed by atoms with Gasteiger partial charge in [-0.3, -0.25) is 4.79 Å². The first-order valence-electron chi connectivity index (χ1n) is 6.17. The number of nitrogens with one attached hydrogen (secondary N) is 1. The van der Waals surface area contributed by atoms with Crippen molar-refractivity contribution in [2.24, 2.45) is 0 Å². The van der Waals surface area contributed by atoms with E-state index in [4.69, 9.17) is 0 Å². The number of aliphatic hydroxyl groups is 1. The van der Waals surface area contributed by atoms with Crippen LogP contribution in [0.4, 0.5) is 5.69 Å². The zero-order valence-electron chi connectivity index (χ0n) is 11.5. The number of amides is 1. The number of hydrogen-bond acceptors (Lipinski definition) is 3. The van der Waals surface area contributed by atoms with Gasteiger partial charge in [0.25, 0.3) is 5.91 Å². The third-order valence-electron chi connectivity index (χ3n) is 2.97. The van der Waals surface area contributed by atoms with Gasteiger partial charge in [-0.25, -0.2) is 0 Å². The number of nitrogens with zero attached hydrogens (tertiary/aromatic N) is 1. The molecule has 100 valence electrons. The Morgan fingerprint density at radius 2 is 2.17 bits per heavy atom. The van der Waals surface area contributed by atoms with Gasteiger partial charge in [0, 0.05) is 31.9 Å². The smallest absolute Gasteiger partial charge is 0.253 e. The first kappa shape index (κ1) is 14.5. The second kappa shape index (κ2) is 6.40. The van der Waals surface area contributed by atoms with E-state index in [0.717, 1.165) is 11.3 Å². The molecule has 1 amide bonds. The summed E-state index contributed by atoms with van der Waals surface area (Å²) in [5.74, 6) is -0.0126. The number of aryl methyl sites for hydroxylation is 1. The molecule has 2 N–H and O–H groups in total. The summed E-state index contributed by atoms with van der Waals surface area (Å²) in [7, 11) is 3.62. The Hall–Kier alpha value is -1.55. The average Bonchev–Trinajstić information content (AvgIpc) is 2.34. The van der Waals surface area contributed by atoms with Crippen molar-refractivity contribution in [2.45, 2.75) is 26.4 Å². The van der Waals surface area contributed by atoms with E-state index in [0.29, 0.717) is 18.5 Å². The summed E-state index contributed by atoms with van der Waals surface area (Å²) < 4.78 is 0. The summed E-state index contributed by atoms with van der Waals surface area (Å²) in [6, 6.07) is 5.61. The molecule has 0 aromatic heterocycles. The van der Waals surface area contributed by atoms with Gasteiger partial charge in [-0.2, -0.15) is 0 Å². The first-order chi connectivity index (χ1) is 8.45. The van der Waals surface area contributed by atoms with Crippen molar-refractivity contribution < 1.29 is 9.90 Å². The predicted molar refractivity (Wildman–Crippen MR) is 74.0 cm³/mol. The molecular weight excluding hydrogens is 228 g/mol. The molecule has 4 nitrogen and oxygen atoms in total. The van der Waals surface area contributed by atoms with Crippen LogP contribution in [0.25, 0.3) is 0 Å². The fourth-order valence-corrected chi connectivity index (χ4v) is 1.78. The van der Waals surface area contributed by atoms with Gasteiger partial charge in [0.05, 0.1) is 6.10 Å². The van der Waals surface area contributed by atoms with Crippen LogP contribution < -0.4 is 5.32 Å². The van der Waals surface area contributed by atoms with Crippen molar-refractivity contribution in [3.05, 3.63) is 29.3 Å². The molecule has 1 unspecified atom stereocenters. The lowest BCUT2D eigenvalue weighted by Gasteiger charge is -2.18. The minimum absolute atomic E-state index is 0.0126. The molecule has 1 aromatic rings. The molecule has 0 saturated carbocycles. The molecule has 0 aliphatic rings. The highest BCUT2D eigenvalue weighted by Crippen LogP contribution is 2.16. The van der Waals surface area contributed by atoms with Crippen LogP contribution >= 0.6 is 0 Å². The predicted octanol–water partition coefficient (Wildman–Crippen LogP) is 1.88. The summed E-state index contributed by atoms with van der Waals surface area (Å²) in [6.45, 7) is 4.26. The van der Waals surface area contributed by atoms with Gasteiger partial charge in [-0.1, -0.05) is 0 Å². The van der Waals surface area contributed by atoms with Crippen molar-refractivity contribution in [3.8, 4) is 0 Å². The Morgan fingerprint density at radius 1 is 1.50 bits per heavy atom. The summed E-state index contributed by atoms with van der Waals surface area (Å²) >= 11 is 0. The van der Waals surface area contributed by atoms with Crippen molar-refractivity contribution in [3.63, 3.8) is 0 Å². The number of carbonyl (C=O) groups excluding carboxylic acids is 1. The largest absolute Gasteiger partial charge is 0.393 e. The van der Waals surface area contributed by atoms with Crippen LogP contribution in [-0.4, -0.2) is 42.7 Å². The second-order valence-corrected chi connectivity index (χ2v) is 4.64. The maximum absolute atomic E-state index is 12.1. The van der Waals surface area contributed by atoms with E-state index in [2.05, 4.69) is 5.32 Å². The molecule has 0 heterocycles. The molecule has 4 heteroatoms. The summed E-state index contributed by atoms with van der Waals surface area (Å²) in [5.41, 5.74) is 2.75. The summed E-state index contributed by atoms with van der Waals surface area (Å²) in [5, 5.41) is 12.3.